The molecule has 0 unspecified atom stereocenters. The maximum Gasteiger partial charge on any atom is 0.272 e. The number of nitrogens with zero attached hydrogens (tertiary/aromatic N) is 4. The molecule has 3 N–H and O–H groups in total. The van der Waals surface area contributed by atoms with Gasteiger partial charge in [0.15, 0.2) is 0 Å². The number of fused-ring (bicyclic) bond motifs is 2. The van der Waals surface area contributed by atoms with E-state index in [0.29, 0.717) is 38.5 Å². The fourth-order valence-electron chi connectivity index (χ4n) is 4.47. The molecule has 5 rings (SSSR count). The van der Waals surface area contributed by atoms with Gasteiger partial charge in [0, 0.05) is 29.9 Å². The molecule has 3 aromatic carbocycles. The third kappa shape index (κ3) is 4.06. The van der Waals surface area contributed by atoms with Crippen LogP contribution in [0.2, 0.25) is 0 Å². The number of nitriles is 1. The number of nitrogens with one attached hydrogen (secondary N) is 1. The molecule has 2 heterocycles. The molecule has 180 valence electrons. The summed E-state index contributed by atoms with van der Waals surface area (Å²) >= 11 is 0. The molecule has 0 aliphatic heterocycles. The van der Waals surface area contributed by atoms with Gasteiger partial charge in [0.1, 0.15) is 11.9 Å². The van der Waals surface area contributed by atoms with Crippen molar-refractivity contribution in [2.75, 3.05) is 0 Å². The van der Waals surface area contributed by atoms with E-state index in [4.69, 9.17) is 5.73 Å². The molecule has 2 aromatic heterocycles. The summed E-state index contributed by atoms with van der Waals surface area (Å²) in [6.07, 6.45) is 3.38. The summed E-state index contributed by atoms with van der Waals surface area (Å²) in [5.41, 5.74) is 9.10. The van der Waals surface area contributed by atoms with Crippen molar-refractivity contribution in [3.05, 3.63) is 94.3 Å². The van der Waals surface area contributed by atoms with Gasteiger partial charge >= 0.3 is 0 Å². The van der Waals surface area contributed by atoms with Crippen molar-refractivity contribution in [1.29, 1.82) is 5.26 Å². The first-order chi connectivity index (χ1) is 17.4. The van der Waals surface area contributed by atoms with E-state index < -0.39 is 5.82 Å². The highest BCUT2D eigenvalue weighted by Crippen LogP contribution is 2.39. The molecule has 8 heteroatoms. The van der Waals surface area contributed by atoms with E-state index in [1.165, 1.54) is 6.07 Å². The van der Waals surface area contributed by atoms with Gasteiger partial charge in [-0.1, -0.05) is 36.4 Å². The van der Waals surface area contributed by atoms with Gasteiger partial charge in [-0.05, 0) is 42.5 Å². The second kappa shape index (κ2) is 9.94. The number of aromatic amines is 1. The van der Waals surface area contributed by atoms with Crippen LogP contribution < -0.4 is 11.3 Å². The van der Waals surface area contributed by atoms with E-state index in [1.807, 2.05) is 32.0 Å². The van der Waals surface area contributed by atoms with Crippen LogP contribution in [0.1, 0.15) is 23.7 Å². The Kier molecular flexibility index (Phi) is 6.77. The summed E-state index contributed by atoms with van der Waals surface area (Å²) < 4.78 is 17.0. The molecule has 36 heavy (non-hydrogen) atoms. The number of nitrogens with two attached hydrogens (primary N) is 1. The van der Waals surface area contributed by atoms with Crippen molar-refractivity contribution in [2.45, 2.75) is 20.4 Å². The second-order valence-corrected chi connectivity index (χ2v) is 8.30. The lowest BCUT2D eigenvalue weighted by Crippen LogP contribution is -2.14. The Morgan fingerprint density at radius 2 is 1.97 bits per heavy atom. The van der Waals surface area contributed by atoms with Gasteiger partial charge in [-0.2, -0.15) is 15.5 Å². The Bertz CT molecular complexity index is 1720. The van der Waals surface area contributed by atoms with Crippen molar-refractivity contribution < 1.29 is 4.39 Å². The lowest BCUT2D eigenvalue weighted by Gasteiger charge is -2.14. The molecule has 0 atom stereocenters. The van der Waals surface area contributed by atoms with Crippen LogP contribution in [0.15, 0.2) is 66.1 Å². The summed E-state index contributed by atoms with van der Waals surface area (Å²) in [4.78, 5) is 12.4. The standard InChI is InChI=1S/C25H19FN6O.C3H6/c1-13-7-15(8-17-21(11-28)30-31-25(33)22(13)17)19-12-29-32(2)24(19)23-18(10-27)16-6-4-3-5-14(16)9-20(23)26;1-3-2/h3-9,12H,11,28H2,1-2H3,(H,31,33);3H,1H2,2H3. The van der Waals surface area contributed by atoms with Crippen LogP contribution in [0, 0.1) is 24.1 Å². The zero-order valence-electron chi connectivity index (χ0n) is 20.3. The molecule has 0 aliphatic rings. The first-order valence-corrected chi connectivity index (χ1v) is 11.3. The van der Waals surface area contributed by atoms with Gasteiger partial charge in [0.25, 0.3) is 5.56 Å². The number of hydrogen-bond acceptors (Lipinski definition) is 5. The minimum absolute atomic E-state index is 0.147. The van der Waals surface area contributed by atoms with Gasteiger partial charge < -0.3 is 5.73 Å². The predicted octanol–water partition coefficient (Wildman–Crippen LogP) is 5.11. The number of H-pyrrole nitrogens is 1. The Hall–Kier alpha value is -4.61. The molecule has 0 saturated heterocycles. The van der Waals surface area contributed by atoms with E-state index in [1.54, 1.807) is 42.2 Å². The number of aromatic nitrogens is 4. The Labute approximate surface area is 207 Å². The van der Waals surface area contributed by atoms with E-state index in [0.717, 1.165) is 11.1 Å². The molecular weight excluding hydrogens is 455 g/mol. The molecule has 0 saturated carbocycles. The molecular formula is C28H25FN6O. The summed E-state index contributed by atoms with van der Waals surface area (Å²) in [6.45, 7) is 7.22. The first kappa shape index (κ1) is 24.5. The monoisotopic (exact) mass is 480 g/mol. The third-order valence-corrected chi connectivity index (χ3v) is 5.96. The molecule has 0 fully saturated rings. The van der Waals surface area contributed by atoms with Crippen molar-refractivity contribution in [1.82, 2.24) is 20.0 Å². The van der Waals surface area contributed by atoms with Gasteiger partial charge in [0.05, 0.1) is 34.1 Å². The predicted molar refractivity (Wildman–Crippen MR) is 141 cm³/mol. The normalized spacial score (nSPS) is 10.7. The van der Waals surface area contributed by atoms with Gasteiger partial charge in [-0.25, -0.2) is 9.49 Å². The largest absolute Gasteiger partial charge is 0.325 e. The van der Waals surface area contributed by atoms with Crippen molar-refractivity contribution in [2.24, 2.45) is 12.8 Å². The fraction of sp³-hybridized carbons (Fsp3) is 0.143. The van der Waals surface area contributed by atoms with Gasteiger partial charge in [0.2, 0.25) is 0 Å². The lowest BCUT2D eigenvalue weighted by molar-refractivity contribution is 0.629. The molecule has 0 spiro atoms. The molecule has 0 aliphatic carbocycles. The summed E-state index contributed by atoms with van der Waals surface area (Å²) in [7, 11) is 1.71. The number of hydrogen-bond donors (Lipinski definition) is 2. The zero-order chi connectivity index (χ0) is 26.0. The average molecular weight is 481 g/mol. The van der Waals surface area contributed by atoms with Crippen LogP contribution >= 0.6 is 0 Å². The summed E-state index contributed by atoms with van der Waals surface area (Å²) in [5, 5.41) is 23.4. The molecule has 0 amide bonds. The van der Waals surface area contributed by atoms with Crippen LogP contribution in [0.4, 0.5) is 4.39 Å². The van der Waals surface area contributed by atoms with Crippen molar-refractivity contribution in [3.63, 3.8) is 0 Å². The molecule has 5 aromatic rings. The van der Waals surface area contributed by atoms with Crippen LogP contribution in [0.5, 0.6) is 0 Å². The summed E-state index contributed by atoms with van der Waals surface area (Å²) in [6, 6.07) is 14.5. The van der Waals surface area contributed by atoms with E-state index >= 15 is 4.39 Å². The number of aryl methyl sites for hydroxylation is 2. The van der Waals surface area contributed by atoms with Crippen molar-refractivity contribution in [3.8, 4) is 28.5 Å². The number of halogens is 1. The Morgan fingerprint density at radius 1 is 1.25 bits per heavy atom. The highest BCUT2D eigenvalue weighted by Gasteiger charge is 2.23. The number of allylic oxidation sites excluding steroid dienone is 1. The minimum atomic E-state index is -0.506. The van der Waals surface area contributed by atoms with E-state index in [-0.39, 0.29) is 23.2 Å². The highest BCUT2D eigenvalue weighted by molar-refractivity contribution is 5.98. The van der Waals surface area contributed by atoms with Crippen LogP contribution in [-0.2, 0) is 13.6 Å². The first-order valence-electron chi connectivity index (χ1n) is 11.3. The van der Waals surface area contributed by atoms with Crippen molar-refractivity contribution >= 4 is 21.5 Å². The van der Waals surface area contributed by atoms with Crippen LogP contribution in [0.25, 0.3) is 43.9 Å². The Morgan fingerprint density at radius 3 is 2.67 bits per heavy atom. The zero-order valence-corrected chi connectivity index (χ0v) is 20.3. The second-order valence-electron chi connectivity index (χ2n) is 8.30. The SMILES string of the molecule is C=CC.Cc1cc(-c2cnn(C)c2-c2c(F)cc3ccccc3c2C#N)cc2c(CN)n[nH]c(=O)c12. The third-order valence-electron chi connectivity index (χ3n) is 5.96. The average Bonchev–Trinajstić information content (AvgIpc) is 3.24. The van der Waals surface area contributed by atoms with E-state index in [9.17, 15) is 10.1 Å². The molecule has 7 nitrogen and oxygen atoms in total. The quantitative estimate of drug-likeness (QED) is 0.348. The topological polar surface area (TPSA) is 113 Å². The molecule has 0 radical (unpaired) electrons. The van der Waals surface area contributed by atoms with E-state index in [2.05, 4.69) is 27.9 Å². The Balaban J connectivity index is 0.000000967. The number of benzene rings is 3. The van der Waals surface area contributed by atoms with Gasteiger partial charge in [-0.3, -0.25) is 9.48 Å². The summed E-state index contributed by atoms with van der Waals surface area (Å²) in [5.74, 6) is -0.506. The number of rotatable bonds is 3. The lowest BCUT2D eigenvalue weighted by atomic mass is 9.92. The molecule has 0 bridgehead atoms. The smallest absolute Gasteiger partial charge is 0.272 e. The fourth-order valence-corrected chi connectivity index (χ4v) is 4.47. The van der Waals surface area contributed by atoms with Crippen LogP contribution in [0.3, 0.4) is 0 Å². The minimum Gasteiger partial charge on any atom is -0.325 e. The van der Waals surface area contributed by atoms with Gasteiger partial charge in [-0.15, -0.1) is 6.58 Å². The highest BCUT2D eigenvalue weighted by atomic mass is 19.1. The maximum absolute atomic E-state index is 15.4. The maximum atomic E-state index is 15.4. The van der Waals surface area contributed by atoms with Crippen LogP contribution in [-0.4, -0.2) is 20.0 Å².